The highest BCUT2D eigenvalue weighted by Crippen LogP contribution is 2.43. The molecule has 4 aromatic rings. The number of carbonyl (C=O) groups is 3. The van der Waals surface area contributed by atoms with Crippen LogP contribution in [-0.2, 0) is 35.5 Å². The van der Waals surface area contributed by atoms with Gasteiger partial charge in [-0.1, -0.05) is 74.5 Å². The van der Waals surface area contributed by atoms with Crippen LogP contribution < -0.4 is 21.3 Å². The molecule has 0 bridgehead atoms. The number of rotatable bonds is 18. The van der Waals surface area contributed by atoms with Crippen molar-refractivity contribution < 1.29 is 19.1 Å². The van der Waals surface area contributed by atoms with E-state index in [9.17, 15) is 14.4 Å². The van der Waals surface area contributed by atoms with Crippen LogP contribution in [0.5, 0.6) is 0 Å². The molecule has 2 unspecified atom stereocenters. The van der Waals surface area contributed by atoms with Crippen molar-refractivity contribution in [3.63, 3.8) is 0 Å². The van der Waals surface area contributed by atoms with Gasteiger partial charge < -0.3 is 30.9 Å². The van der Waals surface area contributed by atoms with Gasteiger partial charge >= 0.3 is 12.1 Å². The Morgan fingerprint density at radius 3 is 2.18 bits per heavy atom. The molecule has 4 N–H and O–H groups in total. The van der Waals surface area contributed by atoms with Crippen LogP contribution in [0.15, 0.2) is 77.8 Å². The fraction of sp³-hybridized carbons (Fsp3) is 0.447. The van der Waals surface area contributed by atoms with E-state index < -0.39 is 11.6 Å². The monoisotopic (exact) mass is 731 g/mol. The zero-order valence-corrected chi connectivity index (χ0v) is 31.4. The van der Waals surface area contributed by atoms with Gasteiger partial charge in [0.2, 0.25) is 5.91 Å². The first-order chi connectivity index (χ1) is 24.6. The topological polar surface area (TPSA) is 138 Å². The largest absolute Gasteiger partial charge is 0.444 e. The molecule has 13 heteroatoms. The van der Waals surface area contributed by atoms with Gasteiger partial charge in [-0.25, -0.2) is 14.6 Å². The molecule has 4 atom stereocenters. The minimum absolute atomic E-state index is 0.0511. The number of alkyl carbamates (subject to hydrolysis) is 1. The second kappa shape index (κ2) is 18.2. The molecule has 11 nitrogen and oxygen atoms in total. The molecule has 0 saturated heterocycles. The Balaban J connectivity index is 1.28. The quantitative estimate of drug-likeness (QED) is 0.100. The van der Waals surface area contributed by atoms with E-state index >= 15 is 0 Å². The Hall–Kier alpha value is -4.33. The summed E-state index contributed by atoms with van der Waals surface area (Å²) in [5.41, 5.74) is 3.68. The predicted molar refractivity (Wildman–Crippen MR) is 202 cm³/mol. The molecule has 2 aromatic carbocycles. The van der Waals surface area contributed by atoms with Crippen molar-refractivity contribution in [2.24, 2.45) is 5.92 Å². The normalized spacial score (nSPS) is 17.7. The summed E-state index contributed by atoms with van der Waals surface area (Å²) in [6, 6.07) is 19.2. The maximum absolute atomic E-state index is 14.2. The van der Waals surface area contributed by atoms with Gasteiger partial charge in [0.25, 0.3) is 0 Å². The number of nitrogens with one attached hydrogen (secondary N) is 4. The Morgan fingerprint density at radius 2 is 1.61 bits per heavy atom. The van der Waals surface area contributed by atoms with Crippen molar-refractivity contribution in [2.45, 2.75) is 82.6 Å². The van der Waals surface area contributed by atoms with E-state index in [0.29, 0.717) is 51.1 Å². The lowest BCUT2D eigenvalue weighted by molar-refractivity contribution is -0.125. The molecule has 0 aliphatic heterocycles. The minimum atomic E-state index is -1.03. The fourth-order valence-corrected chi connectivity index (χ4v) is 7.53. The van der Waals surface area contributed by atoms with Gasteiger partial charge in [0.1, 0.15) is 12.1 Å². The summed E-state index contributed by atoms with van der Waals surface area (Å²) in [4.78, 5) is 51.9. The van der Waals surface area contributed by atoms with Crippen LogP contribution in [0.1, 0.15) is 65.7 Å². The van der Waals surface area contributed by atoms with Crippen molar-refractivity contribution in [3.05, 3.63) is 104 Å². The molecule has 2 aromatic heterocycles. The van der Waals surface area contributed by atoms with Crippen LogP contribution >= 0.6 is 22.7 Å². The number of hydrogen-bond donors (Lipinski definition) is 4. The molecule has 51 heavy (non-hydrogen) atoms. The molecule has 272 valence electrons. The molecule has 4 amide bonds. The third-order valence-electron chi connectivity index (χ3n) is 9.10. The number of nitrogens with zero attached hydrogens (tertiary/aromatic N) is 3. The average Bonchev–Trinajstić information content (AvgIpc) is 3.44. The molecule has 1 saturated carbocycles. The van der Waals surface area contributed by atoms with Crippen molar-refractivity contribution in [2.75, 3.05) is 20.6 Å². The zero-order valence-electron chi connectivity index (χ0n) is 29.8. The molecule has 1 fully saturated rings. The average molecular weight is 732 g/mol. The Labute approximate surface area is 308 Å². The van der Waals surface area contributed by atoms with Crippen molar-refractivity contribution in [1.82, 2.24) is 36.1 Å². The summed E-state index contributed by atoms with van der Waals surface area (Å²) in [6.45, 7) is 5.29. The highest BCUT2D eigenvalue weighted by atomic mass is 32.1. The first kappa shape index (κ1) is 37.9. The van der Waals surface area contributed by atoms with E-state index in [1.165, 1.54) is 11.3 Å². The van der Waals surface area contributed by atoms with Crippen LogP contribution in [-0.4, -0.2) is 71.2 Å². The summed E-state index contributed by atoms with van der Waals surface area (Å²) in [5.74, 6) is 0.0717. The fourth-order valence-electron chi connectivity index (χ4n) is 6.19. The van der Waals surface area contributed by atoms with Gasteiger partial charge in [-0.05, 0) is 50.3 Å². The second-order valence-electron chi connectivity index (χ2n) is 13.6. The summed E-state index contributed by atoms with van der Waals surface area (Å²) >= 11 is 3.03. The van der Waals surface area contributed by atoms with E-state index in [1.807, 2.05) is 73.1 Å². The molecule has 0 radical (unpaired) electrons. The number of urea groups is 1. The summed E-state index contributed by atoms with van der Waals surface area (Å²) in [7, 11) is 3.58. The SMILES string of the molecule is CNCC1CC1(NC(=O)N(C)Cc1csc(C(C)C)n1)C(=O)N[C@H](CC[C@H](Cc1ccccc1)NC(=O)OCc1cncs1)Cc1ccccc1. The van der Waals surface area contributed by atoms with E-state index in [2.05, 4.69) is 45.1 Å². The van der Waals surface area contributed by atoms with Gasteiger partial charge in [-0.3, -0.25) is 9.78 Å². The molecule has 1 aliphatic rings. The van der Waals surface area contributed by atoms with E-state index in [4.69, 9.17) is 4.74 Å². The molecule has 5 rings (SSSR count). The maximum atomic E-state index is 14.2. The number of ether oxygens (including phenoxy) is 1. The standard InChI is InChI=1S/C38H49N7O4S2/c1-26(2)34-41-32(24-50-34)22-45(4)36(47)44-38(19-29(38)20-39-3)35(46)42-30(17-27-11-7-5-8-12-27)15-16-31(18-28-13-9-6-10-14-28)43-37(48)49-23-33-21-40-25-51-33/h5-14,21,24-26,29-31,39H,15-20,22-23H2,1-4H3,(H,42,46)(H,43,48)(H,44,47)/t29?,30-,31-,38?/m1/s1. The Kier molecular flexibility index (Phi) is 13.6. The third kappa shape index (κ3) is 11.1. The zero-order chi connectivity index (χ0) is 36.2. The number of thiazole rings is 2. The molecule has 1 aliphatic carbocycles. The Morgan fingerprint density at radius 1 is 0.961 bits per heavy atom. The molecular weight excluding hydrogens is 683 g/mol. The smallest absolute Gasteiger partial charge is 0.407 e. The van der Waals surface area contributed by atoms with Crippen LogP contribution in [0.2, 0.25) is 0 Å². The lowest BCUT2D eigenvalue weighted by atomic mass is 9.95. The maximum Gasteiger partial charge on any atom is 0.407 e. The number of benzene rings is 2. The van der Waals surface area contributed by atoms with Crippen molar-refractivity contribution in [3.8, 4) is 0 Å². The van der Waals surface area contributed by atoms with Crippen molar-refractivity contribution >= 4 is 40.7 Å². The van der Waals surface area contributed by atoms with Gasteiger partial charge in [0, 0.05) is 49.1 Å². The van der Waals surface area contributed by atoms with Crippen molar-refractivity contribution in [1.29, 1.82) is 0 Å². The van der Waals surface area contributed by atoms with Crippen LogP contribution in [0, 0.1) is 5.92 Å². The number of aromatic nitrogens is 2. The van der Waals surface area contributed by atoms with Crippen LogP contribution in [0.3, 0.4) is 0 Å². The van der Waals surface area contributed by atoms with Gasteiger partial charge in [0.15, 0.2) is 0 Å². The number of hydrogen-bond acceptors (Lipinski definition) is 9. The van der Waals surface area contributed by atoms with Gasteiger partial charge in [0.05, 0.1) is 27.6 Å². The number of carbonyl (C=O) groups excluding carboxylic acids is 3. The molecule has 2 heterocycles. The lowest BCUT2D eigenvalue weighted by Gasteiger charge is -2.28. The lowest BCUT2D eigenvalue weighted by Crippen LogP contribution is -2.56. The first-order valence-electron chi connectivity index (χ1n) is 17.5. The van der Waals surface area contributed by atoms with Crippen LogP contribution in [0.4, 0.5) is 9.59 Å². The van der Waals surface area contributed by atoms with E-state index in [-0.39, 0.29) is 36.5 Å². The first-order valence-corrected chi connectivity index (χ1v) is 19.2. The summed E-state index contributed by atoms with van der Waals surface area (Å²) < 4.78 is 5.51. The number of amides is 4. The highest BCUT2D eigenvalue weighted by molar-refractivity contribution is 7.09. The third-order valence-corrected chi connectivity index (χ3v) is 11.0. The second-order valence-corrected chi connectivity index (χ2v) is 15.4. The van der Waals surface area contributed by atoms with Gasteiger partial charge in [-0.15, -0.1) is 22.7 Å². The van der Waals surface area contributed by atoms with Crippen LogP contribution in [0.25, 0.3) is 0 Å². The molecular formula is C38H49N7O4S2. The summed E-state index contributed by atoms with van der Waals surface area (Å²) in [6.07, 6.45) is 4.12. The summed E-state index contributed by atoms with van der Waals surface area (Å²) in [5, 5.41) is 15.7. The van der Waals surface area contributed by atoms with Gasteiger partial charge in [-0.2, -0.15) is 0 Å². The minimum Gasteiger partial charge on any atom is -0.444 e. The molecule has 0 spiro atoms. The van der Waals surface area contributed by atoms with E-state index in [0.717, 1.165) is 26.7 Å². The predicted octanol–water partition coefficient (Wildman–Crippen LogP) is 5.89. The Bertz CT molecular complexity index is 1690. The van der Waals surface area contributed by atoms with E-state index in [1.54, 1.807) is 35.0 Å². The highest BCUT2D eigenvalue weighted by Gasteiger charge is 2.61.